The molecule has 0 fully saturated rings. The van der Waals surface area contributed by atoms with Gasteiger partial charge >= 0.3 is 0 Å². The molecule has 4 nitrogen and oxygen atoms in total. The second-order valence-corrected chi connectivity index (χ2v) is 7.16. The van der Waals surface area contributed by atoms with Gasteiger partial charge in [0.05, 0.1) is 11.4 Å². The van der Waals surface area contributed by atoms with Crippen LogP contribution in [0, 0.1) is 5.82 Å². The van der Waals surface area contributed by atoms with Crippen molar-refractivity contribution in [2.45, 2.75) is 5.03 Å². The first-order valence-electron chi connectivity index (χ1n) is 8.68. The first kappa shape index (κ1) is 18.1. The van der Waals surface area contributed by atoms with Gasteiger partial charge in [-0.1, -0.05) is 54.2 Å². The third kappa shape index (κ3) is 4.35. The zero-order valence-electron chi connectivity index (χ0n) is 14.8. The fourth-order valence-electron chi connectivity index (χ4n) is 2.80. The van der Waals surface area contributed by atoms with Crippen LogP contribution in [0.3, 0.4) is 0 Å². The number of hydrogen-bond acceptors (Lipinski definition) is 4. The molecule has 1 amide bonds. The van der Waals surface area contributed by atoms with E-state index in [1.54, 1.807) is 12.1 Å². The molecule has 1 aromatic heterocycles. The third-order valence-electron chi connectivity index (χ3n) is 4.14. The molecule has 0 unspecified atom stereocenters. The van der Waals surface area contributed by atoms with Crippen molar-refractivity contribution in [3.05, 3.63) is 84.7 Å². The van der Waals surface area contributed by atoms with E-state index in [1.807, 2.05) is 30.3 Å². The minimum absolute atomic E-state index is 0.167. The van der Waals surface area contributed by atoms with Crippen LogP contribution in [-0.4, -0.2) is 21.9 Å². The highest BCUT2D eigenvalue weighted by atomic mass is 32.2. The lowest BCUT2D eigenvalue weighted by atomic mass is 10.1. The molecule has 0 spiro atoms. The Morgan fingerprint density at radius 1 is 0.893 bits per heavy atom. The van der Waals surface area contributed by atoms with Crippen molar-refractivity contribution in [3.63, 3.8) is 0 Å². The average molecular weight is 389 g/mol. The number of fused-ring (bicyclic) bond motifs is 1. The van der Waals surface area contributed by atoms with Gasteiger partial charge in [0.25, 0.3) is 0 Å². The Morgan fingerprint density at radius 3 is 2.54 bits per heavy atom. The molecular weight excluding hydrogens is 373 g/mol. The van der Waals surface area contributed by atoms with E-state index in [0.717, 1.165) is 16.6 Å². The third-order valence-corrected chi connectivity index (χ3v) is 5.06. The Kier molecular flexibility index (Phi) is 5.30. The van der Waals surface area contributed by atoms with Gasteiger partial charge in [-0.05, 0) is 47.2 Å². The summed E-state index contributed by atoms with van der Waals surface area (Å²) in [7, 11) is 0. The van der Waals surface area contributed by atoms with Crippen LogP contribution in [0.1, 0.15) is 0 Å². The van der Waals surface area contributed by atoms with Crippen molar-refractivity contribution in [1.82, 2.24) is 10.2 Å². The van der Waals surface area contributed by atoms with Gasteiger partial charge in [-0.2, -0.15) is 0 Å². The number of carbonyl (C=O) groups excluding carboxylic acids is 1. The molecule has 0 atom stereocenters. The average Bonchev–Trinajstić information content (AvgIpc) is 2.72. The number of rotatable bonds is 5. The number of carbonyl (C=O) groups is 1. The van der Waals surface area contributed by atoms with Crippen LogP contribution in [0.5, 0.6) is 0 Å². The summed E-state index contributed by atoms with van der Waals surface area (Å²) in [5.41, 5.74) is 2.20. The Morgan fingerprint density at radius 2 is 1.75 bits per heavy atom. The van der Waals surface area contributed by atoms with Crippen molar-refractivity contribution >= 4 is 34.1 Å². The van der Waals surface area contributed by atoms with E-state index in [4.69, 9.17) is 0 Å². The van der Waals surface area contributed by atoms with E-state index < -0.39 is 0 Å². The maximum absolute atomic E-state index is 13.2. The molecule has 1 heterocycles. The molecule has 138 valence electrons. The maximum atomic E-state index is 13.2. The Hall–Kier alpha value is -3.25. The van der Waals surface area contributed by atoms with Crippen LogP contribution in [0.4, 0.5) is 10.1 Å². The number of nitrogens with zero attached hydrogens (tertiary/aromatic N) is 2. The van der Waals surface area contributed by atoms with E-state index in [-0.39, 0.29) is 17.5 Å². The van der Waals surface area contributed by atoms with E-state index in [9.17, 15) is 9.18 Å². The quantitative estimate of drug-likeness (QED) is 0.479. The van der Waals surface area contributed by atoms with Crippen LogP contribution in [0.15, 0.2) is 83.9 Å². The Balaban J connectivity index is 1.39. The van der Waals surface area contributed by atoms with Crippen LogP contribution >= 0.6 is 11.8 Å². The number of anilines is 1. The number of thioether (sulfide) groups is 1. The van der Waals surface area contributed by atoms with Gasteiger partial charge in [-0.15, -0.1) is 10.2 Å². The van der Waals surface area contributed by atoms with Crippen molar-refractivity contribution < 1.29 is 9.18 Å². The van der Waals surface area contributed by atoms with E-state index in [1.165, 1.54) is 29.3 Å². The van der Waals surface area contributed by atoms with Crippen LogP contribution in [-0.2, 0) is 4.79 Å². The van der Waals surface area contributed by atoms with Crippen LogP contribution in [0.25, 0.3) is 22.0 Å². The normalized spacial score (nSPS) is 10.8. The number of hydrogen-bond donors (Lipinski definition) is 1. The number of amides is 1. The molecule has 4 aromatic rings. The molecule has 0 radical (unpaired) electrons. The Labute approximate surface area is 165 Å². The van der Waals surface area contributed by atoms with Crippen molar-refractivity contribution in [1.29, 1.82) is 0 Å². The minimum atomic E-state index is -0.388. The molecule has 0 aliphatic rings. The minimum Gasteiger partial charge on any atom is -0.325 e. The summed E-state index contributed by atoms with van der Waals surface area (Å²) < 4.78 is 13.2. The molecule has 0 saturated carbocycles. The monoisotopic (exact) mass is 389 g/mol. The van der Waals surface area contributed by atoms with Gasteiger partial charge < -0.3 is 5.32 Å². The van der Waals surface area contributed by atoms with Gasteiger partial charge in [0.1, 0.15) is 10.8 Å². The zero-order valence-corrected chi connectivity index (χ0v) is 15.6. The highest BCUT2D eigenvalue weighted by Crippen LogP contribution is 2.24. The first-order chi connectivity index (χ1) is 13.7. The van der Waals surface area contributed by atoms with Gasteiger partial charge in [0.15, 0.2) is 0 Å². The van der Waals surface area contributed by atoms with Crippen molar-refractivity contribution in [2.75, 3.05) is 11.1 Å². The topological polar surface area (TPSA) is 54.9 Å². The van der Waals surface area contributed by atoms with Crippen LogP contribution < -0.4 is 5.32 Å². The van der Waals surface area contributed by atoms with Crippen molar-refractivity contribution in [2.24, 2.45) is 0 Å². The second-order valence-electron chi connectivity index (χ2n) is 6.17. The molecule has 0 aliphatic carbocycles. The summed E-state index contributed by atoms with van der Waals surface area (Å²) in [5.74, 6) is -0.447. The van der Waals surface area contributed by atoms with Gasteiger partial charge in [0, 0.05) is 11.3 Å². The Bertz CT molecular complexity index is 1130. The zero-order chi connectivity index (χ0) is 19.3. The lowest BCUT2D eigenvalue weighted by molar-refractivity contribution is -0.113. The fourth-order valence-corrected chi connectivity index (χ4v) is 3.42. The molecule has 0 bridgehead atoms. The van der Waals surface area contributed by atoms with Gasteiger partial charge in [0.2, 0.25) is 5.91 Å². The second kappa shape index (κ2) is 8.19. The molecule has 0 aliphatic heterocycles. The summed E-state index contributed by atoms with van der Waals surface area (Å²) in [6.45, 7) is 0. The molecule has 1 N–H and O–H groups in total. The van der Waals surface area contributed by atoms with Crippen molar-refractivity contribution in [3.8, 4) is 11.3 Å². The fraction of sp³-hybridized carbons (Fsp3) is 0.0455. The lowest BCUT2D eigenvalue weighted by Crippen LogP contribution is -2.14. The highest BCUT2D eigenvalue weighted by molar-refractivity contribution is 7.99. The number of aromatic nitrogens is 2. The summed E-state index contributed by atoms with van der Waals surface area (Å²) >= 11 is 1.28. The standard InChI is InChI=1S/C22H16FN3OS/c23-18-6-3-7-19(13-18)24-21(27)14-28-22-11-10-20(25-26-22)17-9-8-15-4-1-2-5-16(15)12-17/h1-13H,14H2,(H,24,27). The summed E-state index contributed by atoms with van der Waals surface area (Å²) in [6.07, 6.45) is 0. The number of halogens is 1. The van der Waals surface area contributed by atoms with E-state index in [2.05, 4.69) is 39.8 Å². The molecule has 3 aromatic carbocycles. The molecular formula is C22H16FN3OS. The highest BCUT2D eigenvalue weighted by Gasteiger charge is 2.07. The van der Waals surface area contributed by atoms with Gasteiger partial charge in [-0.25, -0.2) is 4.39 Å². The number of benzene rings is 3. The summed E-state index contributed by atoms with van der Waals surface area (Å²) in [5, 5.41) is 14.1. The molecule has 4 rings (SSSR count). The number of nitrogens with one attached hydrogen (secondary N) is 1. The molecule has 6 heteroatoms. The van der Waals surface area contributed by atoms with Gasteiger partial charge in [-0.3, -0.25) is 4.79 Å². The lowest BCUT2D eigenvalue weighted by Gasteiger charge is -2.06. The molecule has 28 heavy (non-hydrogen) atoms. The maximum Gasteiger partial charge on any atom is 0.234 e. The summed E-state index contributed by atoms with van der Waals surface area (Å²) in [6, 6.07) is 23.9. The summed E-state index contributed by atoms with van der Waals surface area (Å²) in [4.78, 5) is 12.0. The predicted octanol–water partition coefficient (Wildman–Crippen LogP) is 5.17. The van der Waals surface area contributed by atoms with E-state index >= 15 is 0 Å². The largest absolute Gasteiger partial charge is 0.325 e. The van der Waals surface area contributed by atoms with E-state index in [0.29, 0.717) is 10.7 Å². The smallest absolute Gasteiger partial charge is 0.234 e. The SMILES string of the molecule is O=C(CSc1ccc(-c2ccc3ccccc3c2)nn1)Nc1cccc(F)c1. The molecule has 0 saturated heterocycles. The van der Waals surface area contributed by atoms with Crippen LogP contribution in [0.2, 0.25) is 0 Å². The first-order valence-corrected chi connectivity index (χ1v) is 9.67. The predicted molar refractivity (Wildman–Crippen MR) is 111 cm³/mol.